The Morgan fingerprint density at radius 1 is 1.68 bits per heavy atom. The summed E-state index contributed by atoms with van der Waals surface area (Å²) in [5, 5.41) is 3.41. The third-order valence-electron chi connectivity index (χ3n) is 3.30. The Morgan fingerprint density at radius 3 is 3.11 bits per heavy atom. The van der Waals surface area contributed by atoms with Crippen molar-refractivity contribution in [2.24, 2.45) is 0 Å². The number of carbonyl (C=O) groups is 1. The Morgan fingerprint density at radius 2 is 2.53 bits per heavy atom. The number of ether oxygens (including phenoxy) is 1. The summed E-state index contributed by atoms with van der Waals surface area (Å²) in [4.78, 5) is 14.3. The van der Waals surface area contributed by atoms with Crippen molar-refractivity contribution in [3.05, 3.63) is 22.6 Å². The standard InChI is InChI=1S/C13H19BrN2O3/c1-18-8-6-16(9-10-3-2-5-15-10)13(17)11-4-7-19-12(11)14/h4,7,10,15H,2-3,5-6,8-9H2,1H3. The van der Waals surface area contributed by atoms with E-state index >= 15 is 0 Å². The molecular weight excluding hydrogens is 312 g/mol. The number of halogens is 1. The molecule has 2 heterocycles. The molecule has 106 valence electrons. The van der Waals surface area contributed by atoms with Crippen LogP contribution in [0.5, 0.6) is 0 Å². The largest absolute Gasteiger partial charge is 0.457 e. The lowest BCUT2D eigenvalue weighted by Crippen LogP contribution is -2.42. The summed E-state index contributed by atoms with van der Waals surface area (Å²) in [7, 11) is 1.64. The van der Waals surface area contributed by atoms with Crippen LogP contribution in [-0.2, 0) is 4.74 Å². The second-order valence-electron chi connectivity index (χ2n) is 4.65. The highest BCUT2D eigenvalue weighted by molar-refractivity contribution is 9.10. The van der Waals surface area contributed by atoms with Crippen LogP contribution in [0.1, 0.15) is 23.2 Å². The highest BCUT2D eigenvalue weighted by Gasteiger charge is 2.24. The SMILES string of the molecule is COCCN(CC1CCCN1)C(=O)c1ccoc1Br. The van der Waals surface area contributed by atoms with E-state index in [1.165, 1.54) is 12.7 Å². The number of amides is 1. The van der Waals surface area contributed by atoms with Gasteiger partial charge in [0.15, 0.2) is 4.67 Å². The van der Waals surface area contributed by atoms with E-state index in [0.29, 0.717) is 36.0 Å². The number of nitrogens with zero attached hydrogens (tertiary/aromatic N) is 1. The van der Waals surface area contributed by atoms with Gasteiger partial charge in [-0.1, -0.05) is 0 Å². The highest BCUT2D eigenvalue weighted by Crippen LogP contribution is 2.20. The van der Waals surface area contributed by atoms with Crippen LogP contribution in [0.15, 0.2) is 21.4 Å². The first-order valence-corrected chi connectivity index (χ1v) is 7.26. The molecule has 0 aliphatic carbocycles. The minimum atomic E-state index is -0.0219. The average molecular weight is 331 g/mol. The quantitative estimate of drug-likeness (QED) is 0.865. The zero-order valence-electron chi connectivity index (χ0n) is 11.0. The van der Waals surface area contributed by atoms with Crippen molar-refractivity contribution >= 4 is 21.8 Å². The normalized spacial score (nSPS) is 18.7. The molecule has 0 radical (unpaired) electrons. The lowest BCUT2D eigenvalue weighted by Gasteiger charge is -2.25. The second kappa shape index (κ2) is 7.07. The molecule has 2 rings (SSSR count). The lowest BCUT2D eigenvalue weighted by molar-refractivity contribution is 0.0677. The number of methoxy groups -OCH3 is 1. The van der Waals surface area contributed by atoms with Crippen molar-refractivity contribution in [3.63, 3.8) is 0 Å². The van der Waals surface area contributed by atoms with Gasteiger partial charge in [-0.3, -0.25) is 4.79 Å². The van der Waals surface area contributed by atoms with Gasteiger partial charge in [0.2, 0.25) is 0 Å². The zero-order valence-corrected chi connectivity index (χ0v) is 12.6. The monoisotopic (exact) mass is 330 g/mol. The Kier molecular flexibility index (Phi) is 5.42. The van der Waals surface area contributed by atoms with Crippen molar-refractivity contribution in [2.75, 3.05) is 33.4 Å². The molecular formula is C13H19BrN2O3. The van der Waals surface area contributed by atoms with Crippen LogP contribution < -0.4 is 5.32 Å². The molecule has 19 heavy (non-hydrogen) atoms. The molecule has 1 aliphatic heterocycles. The fourth-order valence-electron chi connectivity index (χ4n) is 2.27. The second-order valence-corrected chi connectivity index (χ2v) is 5.37. The van der Waals surface area contributed by atoms with Crippen molar-refractivity contribution in [1.29, 1.82) is 0 Å². The minimum Gasteiger partial charge on any atom is -0.457 e. The van der Waals surface area contributed by atoms with Gasteiger partial charge in [-0.05, 0) is 41.4 Å². The first-order valence-electron chi connectivity index (χ1n) is 6.47. The van der Waals surface area contributed by atoms with Crippen LogP contribution in [0.2, 0.25) is 0 Å². The number of furan rings is 1. The molecule has 1 amide bonds. The summed E-state index contributed by atoms with van der Waals surface area (Å²) in [6, 6.07) is 2.07. The smallest absolute Gasteiger partial charge is 0.258 e. The third-order valence-corrected chi connectivity index (χ3v) is 3.92. The van der Waals surface area contributed by atoms with E-state index in [1.807, 2.05) is 4.90 Å². The first kappa shape index (κ1) is 14.6. The highest BCUT2D eigenvalue weighted by atomic mass is 79.9. The van der Waals surface area contributed by atoms with Crippen LogP contribution in [0.4, 0.5) is 0 Å². The van der Waals surface area contributed by atoms with E-state index in [2.05, 4.69) is 21.2 Å². The molecule has 1 saturated heterocycles. The minimum absolute atomic E-state index is 0.0219. The van der Waals surface area contributed by atoms with Crippen molar-refractivity contribution < 1.29 is 13.9 Å². The van der Waals surface area contributed by atoms with Gasteiger partial charge >= 0.3 is 0 Å². The maximum atomic E-state index is 12.5. The van der Waals surface area contributed by atoms with Gasteiger partial charge in [0, 0.05) is 26.2 Å². The van der Waals surface area contributed by atoms with Gasteiger partial charge in [-0.2, -0.15) is 0 Å². The summed E-state index contributed by atoms with van der Waals surface area (Å²) in [5.41, 5.74) is 0.564. The fourth-order valence-corrected chi connectivity index (χ4v) is 2.68. The van der Waals surface area contributed by atoms with Crippen LogP contribution >= 0.6 is 15.9 Å². The third kappa shape index (κ3) is 3.81. The number of carbonyl (C=O) groups excluding carboxylic acids is 1. The predicted octanol–water partition coefficient (Wildman–Crippen LogP) is 1.88. The van der Waals surface area contributed by atoms with Crippen molar-refractivity contribution in [3.8, 4) is 0 Å². The van der Waals surface area contributed by atoms with Crippen LogP contribution in [-0.4, -0.2) is 50.2 Å². The van der Waals surface area contributed by atoms with Gasteiger partial charge in [0.25, 0.3) is 5.91 Å². The van der Waals surface area contributed by atoms with Gasteiger partial charge in [0.05, 0.1) is 18.4 Å². The van der Waals surface area contributed by atoms with Crippen molar-refractivity contribution in [1.82, 2.24) is 10.2 Å². The Balaban J connectivity index is 2.03. The molecule has 0 aromatic carbocycles. The summed E-state index contributed by atoms with van der Waals surface area (Å²) in [6.07, 6.45) is 3.80. The van der Waals surface area contributed by atoms with Crippen LogP contribution in [0.25, 0.3) is 0 Å². The van der Waals surface area contributed by atoms with Gasteiger partial charge in [0.1, 0.15) is 0 Å². The lowest BCUT2D eigenvalue weighted by atomic mass is 10.2. The summed E-state index contributed by atoms with van der Waals surface area (Å²) < 4.78 is 10.7. The number of nitrogens with one attached hydrogen (secondary N) is 1. The van der Waals surface area contributed by atoms with Crippen LogP contribution in [0.3, 0.4) is 0 Å². The fraction of sp³-hybridized carbons (Fsp3) is 0.615. The summed E-state index contributed by atoms with van der Waals surface area (Å²) >= 11 is 3.26. The maximum absolute atomic E-state index is 12.5. The molecule has 0 bridgehead atoms. The van der Waals surface area contributed by atoms with E-state index in [4.69, 9.17) is 9.15 Å². The molecule has 1 aliphatic rings. The van der Waals surface area contributed by atoms with E-state index in [1.54, 1.807) is 13.2 Å². The van der Waals surface area contributed by atoms with Crippen LogP contribution in [0, 0.1) is 0 Å². The molecule has 1 N–H and O–H groups in total. The number of hydrogen-bond acceptors (Lipinski definition) is 4. The van der Waals surface area contributed by atoms with Gasteiger partial charge in [-0.15, -0.1) is 0 Å². The van der Waals surface area contributed by atoms with E-state index in [0.717, 1.165) is 13.0 Å². The maximum Gasteiger partial charge on any atom is 0.258 e. The van der Waals surface area contributed by atoms with Gasteiger partial charge < -0.3 is 19.4 Å². The molecule has 1 aromatic heterocycles. The molecule has 1 unspecified atom stereocenters. The molecule has 0 spiro atoms. The predicted molar refractivity (Wildman–Crippen MR) is 75.2 cm³/mol. The number of hydrogen-bond donors (Lipinski definition) is 1. The first-order chi connectivity index (χ1) is 9.22. The zero-order chi connectivity index (χ0) is 13.7. The molecule has 1 aromatic rings. The van der Waals surface area contributed by atoms with Crippen molar-refractivity contribution in [2.45, 2.75) is 18.9 Å². The molecule has 1 atom stereocenters. The Hall–Kier alpha value is -0.850. The summed E-state index contributed by atoms with van der Waals surface area (Å²) in [6.45, 7) is 2.87. The summed E-state index contributed by atoms with van der Waals surface area (Å²) in [5.74, 6) is -0.0219. The van der Waals surface area contributed by atoms with E-state index in [9.17, 15) is 4.79 Å². The molecule has 1 fully saturated rings. The number of rotatable bonds is 6. The molecule has 0 saturated carbocycles. The molecule has 6 heteroatoms. The molecule has 5 nitrogen and oxygen atoms in total. The Bertz CT molecular complexity index is 416. The van der Waals surface area contributed by atoms with E-state index < -0.39 is 0 Å². The van der Waals surface area contributed by atoms with E-state index in [-0.39, 0.29) is 5.91 Å². The van der Waals surface area contributed by atoms with Gasteiger partial charge in [-0.25, -0.2) is 0 Å². The Labute approximate surface area is 121 Å². The average Bonchev–Trinajstić information content (AvgIpc) is 3.05. The topological polar surface area (TPSA) is 54.7 Å².